The molecule has 0 amide bonds. The number of aromatic nitrogens is 1. The Labute approximate surface area is 98.8 Å². The van der Waals surface area contributed by atoms with Crippen molar-refractivity contribution in [2.24, 2.45) is 0 Å². The number of halogens is 5. The molecule has 0 unspecified atom stereocenters. The summed E-state index contributed by atoms with van der Waals surface area (Å²) in [6, 6.07) is 2.68. The van der Waals surface area contributed by atoms with Crippen LogP contribution < -0.4 is 4.74 Å². The highest BCUT2D eigenvalue weighted by Crippen LogP contribution is 2.30. The molecule has 0 saturated heterocycles. The first kappa shape index (κ1) is 14.2. The largest absolute Gasteiger partial charge is 0.574 e. The van der Waals surface area contributed by atoms with Gasteiger partial charge >= 0.3 is 6.36 Å². The highest BCUT2D eigenvalue weighted by atomic mass is 19.4. The molecule has 0 aliphatic heterocycles. The molecule has 1 rings (SSSR count). The Balaban J connectivity index is 3.24. The second-order valence-corrected chi connectivity index (χ2v) is 3.34. The van der Waals surface area contributed by atoms with Gasteiger partial charge in [0, 0.05) is 5.56 Å². The molecule has 0 bridgehead atoms. The summed E-state index contributed by atoms with van der Waals surface area (Å²) >= 11 is 0. The molecule has 18 heavy (non-hydrogen) atoms. The number of nitrogens with zero attached hydrogens (tertiary/aromatic N) is 2. The second-order valence-electron chi connectivity index (χ2n) is 3.34. The van der Waals surface area contributed by atoms with E-state index < -0.39 is 24.4 Å². The lowest BCUT2D eigenvalue weighted by molar-refractivity contribution is -0.276. The molecule has 0 radical (unpaired) electrons. The van der Waals surface area contributed by atoms with Crippen LogP contribution >= 0.6 is 0 Å². The maximum atomic E-state index is 12.6. The van der Waals surface area contributed by atoms with Crippen LogP contribution in [0.15, 0.2) is 6.07 Å². The van der Waals surface area contributed by atoms with Crippen molar-refractivity contribution in [1.82, 2.24) is 4.98 Å². The molecule has 1 aromatic heterocycles. The zero-order valence-corrected chi connectivity index (χ0v) is 9.05. The van der Waals surface area contributed by atoms with Crippen molar-refractivity contribution < 1.29 is 26.7 Å². The first-order valence-electron chi connectivity index (χ1n) is 4.66. The van der Waals surface area contributed by atoms with E-state index in [2.05, 4.69) is 9.72 Å². The Bertz CT molecular complexity index is 478. The number of pyridine rings is 1. The maximum absolute atomic E-state index is 12.6. The lowest BCUT2D eigenvalue weighted by Gasteiger charge is -2.13. The van der Waals surface area contributed by atoms with Gasteiger partial charge in [-0.3, -0.25) is 0 Å². The fourth-order valence-electron chi connectivity index (χ4n) is 1.30. The Morgan fingerprint density at radius 1 is 1.44 bits per heavy atom. The van der Waals surface area contributed by atoms with Crippen molar-refractivity contribution in [3.05, 3.63) is 22.9 Å². The predicted octanol–water partition coefficient (Wildman–Crippen LogP) is 3.29. The highest BCUT2D eigenvalue weighted by molar-refractivity contribution is 5.35. The molecule has 1 heterocycles. The van der Waals surface area contributed by atoms with Gasteiger partial charge in [0.1, 0.15) is 5.69 Å². The summed E-state index contributed by atoms with van der Waals surface area (Å²) in [5.41, 5.74) is -1.05. The van der Waals surface area contributed by atoms with Gasteiger partial charge < -0.3 is 4.74 Å². The summed E-state index contributed by atoms with van der Waals surface area (Å²) in [6.45, 7) is 1.23. The number of hydrogen-bond donors (Lipinski definition) is 0. The Kier molecular flexibility index (Phi) is 4.06. The smallest absolute Gasteiger partial charge is 0.388 e. The topological polar surface area (TPSA) is 45.9 Å². The fraction of sp³-hybridized carbons (Fsp3) is 0.400. The molecule has 0 aromatic carbocycles. The quantitative estimate of drug-likeness (QED) is 0.788. The molecular weight excluding hydrogens is 259 g/mol. The normalized spacial score (nSPS) is 11.4. The SMILES string of the molecule is Cc1cc(CC#N)c(C(F)F)nc1OC(F)(F)F. The van der Waals surface area contributed by atoms with Crippen LogP contribution in [0.2, 0.25) is 0 Å². The van der Waals surface area contributed by atoms with Gasteiger partial charge in [0.25, 0.3) is 6.43 Å². The Morgan fingerprint density at radius 3 is 2.50 bits per heavy atom. The van der Waals surface area contributed by atoms with Gasteiger partial charge in [0.15, 0.2) is 0 Å². The van der Waals surface area contributed by atoms with E-state index >= 15 is 0 Å². The van der Waals surface area contributed by atoms with E-state index in [1.54, 1.807) is 6.07 Å². The molecule has 0 aliphatic carbocycles. The van der Waals surface area contributed by atoms with Crippen molar-refractivity contribution in [1.29, 1.82) is 5.26 Å². The third kappa shape index (κ3) is 3.55. The average molecular weight is 266 g/mol. The first-order chi connectivity index (χ1) is 8.24. The number of aryl methyl sites for hydroxylation is 1. The molecule has 0 fully saturated rings. The van der Waals surface area contributed by atoms with E-state index in [1.807, 2.05) is 0 Å². The maximum Gasteiger partial charge on any atom is 0.574 e. The van der Waals surface area contributed by atoms with E-state index in [4.69, 9.17) is 5.26 Å². The molecule has 0 aliphatic rings. The Morgan fingerprint density at radius 2 is 2.06 bits per heavy atom. The van der Waals surface area contributed by atoms with Gasteiger partial charge in [0.2, 0.25) is 5.88 Å². The van der Waals surface area contributed by atoms with E-state index in [1.165, 1.54) is 6.92 Å². The molecule has 1 aromatic rings. The van der Waals surface area contributed by atoms with Crippen molar-refractivity contribution in [3.63, 3.8) is 0 Å². The number of ether oxygens (including phenoxy) is 1. The van der Waals surface area contributed by atoms with Gasteiger partial charge in [0.05, 0.1) is 12.5 Å². The van der Waals surface area contributed by atoms with Gasteiger partial charge in [-0.15, -0.1) is 13.2 Å². The standard InChI is InChI=1S/C10H7F5N2O/c1-5-4-6(2-3-16)7(8(11)12)17-9(5)18-10(13,14)15/h4,8H,2H2,1H3. The summed E-state index contributed by atoms with van der Waals surface area (Å²) in [5.74, 6) is -0.931. The lowest BCUT2D eigenvalue weighted by Crippen LogP contribution is -2.19. The van der Waals surface area contributed by atoms with Crippen LogP contribution in [0.25, 0.3) is 0 Å². The summed E-state index contributed by atoms with van der Waals surface area (Å²) in [6.07, 6.45) is -8.45. The minimum Gasteiger partial charge on any atom is -0.388 e. The zero-order valence-electron chi connectivity index (χ0n) is 9.05. The second kappa shape index (κ2) is 5.16. The molecule has 3 nitrogen and oxygen atoms in total. The van der Waals surface area contributed by atoms with Crippen LogP contribution in [0.1, 0.15) is 23.2 Å². The van der Waals surface area contributed by atoms with E-state index in [-0.39, 0.29) is 17.5 Å². The van der Waals surface area contributed by atoms with Crippen LogP contribution in [0.4, 0.5) is 22.0 Å². The highest BCUT2D eigenvalue weighted by Gasteiger charge is 2.33. The van der Waals surface area contributed by atoms with Gasteiger partial charge in [-0.1, -0.05) is 0 Å². The van der Waals surface area contributed by atoms with E-state index in [9.17, 15) is 22.0 Å². The molecule has 98 valence electrons. The number of hydrogen-bond acceptors (Lipinski definition) is 3. The average Bonchev–Trinajstić information content (AvgIpc) is 2.20. The molecule has 0 saturated carbocycles. The third-order valence-electron chi connectivity index (χ3n) is 1.97. The van der Waals surface area contributed by atoms with Crippen LogP contribution in [-0.2, 0) is 6.42 Å². The number of alkyl halides is 5. The zero-order chi connectivity index (χ0) is 13.9. The molecular formula is C10H7F5N2O. The van der Waals surface area contributed by atoms with Crippen molar-refractivity contribution in [3.8, 4) is 11.9 Å². The van der Waals surface area contributed by atoms with Gasteiger partial charge in [-0.05, 0) is 18.6 Å². The third-order valence-corrected chi connectivity index (χ3v) is 1.97. The molecule has 0 N–H and O–H groups in total. The number of nitriles is 1. The van der Waals surface area contributed by atoms with Crippen molar-refractivity contribution in [2.45, 2.75) is 26.1 Å². The van der Waals surface area contributed by atoms with Crippen molar-refractivity contribution in [2.75, 3.05) is 0 Å². The minimum atomic E-state index is -5.01. The predicted molar refractivity (Wildman–Crippen MR) is 49.9 cm³/mol. The Hall–Kier alpha value is -1.91. The molecule has 0 atom stereocenters. The van der Waals surface area contributed by atoms with Crippen LogP contribution in [0, 0.1) is 18.3 Å². The fourth-order valence-corrected chi connectivity index (χ4v) is 1.30. The van der Waals surface area contributed by atoms with Crippen LogP contribution in [0.5, 0.6) is 5.88 Å². The van der Waals surface area contributed by atoms with Gasteiger partial charge in [-0.2, -0.15) is 5.26 Å². The summed E-state index contributed by atoms with van der Waals surface area (Å²) in [7, 11) is 0. The summed E-state index contributed by atoms with van der Waals surface area (Å²) in [5, 5.41) is 8.44. The first-order valence-corrected chi connectivity index (χ1v) is 4.66. The monoisotopic (exact) mass is 266 g/mol. The van der Waals surface area contributed by atoms with Gasteiger partial charge in [-0.25, -0.2) is 13.8 Å². The molecule has 8 heteroatoms. The lowest BCUT2D eigenvalue weighted by atomic mass is 10.1. The summed E-state index contributed by atoms with van der Waals surface area (Å²) in [4.78, 5) is 3.13. The number of rotatable bonds is 3. The molecule has 0 spiro atoms. The van der Waals surface area contributed by atoms with E-state index in [0.717, 1.165) is 6.07 Å². The van der Waals surface area contributed by atoms with Crippen molar-refractivity contribution >= 4 is 0 Å². The minimum absolute atomic E-state index is 0.0676. The van der Waals surface area contributed by atoms with Crippen LogP contribution in [0.3, 0.4) is 0 Å². The summed E-state index contributed by atoms with van der Waals surface area (Å²) < 4.78 is 64.7. The van der Waals surface area contributed by atoms with E-state index in [0.29, 0.717) is 0 Å². The van der Waals surface area contributed by atoms with Crippen LogP contribution in [-0.4, -0.2) is 11.3 Å².